The van der Waals surface area contributed by atoms with Gasteiger partial charge in [0.25, 0.3) is 0 Å². The topological polar surface area (TPSA) is 34.4 Å². The molecule has 1 aromatic carbocycles. The largest absolute Gasteiger partial charge is 0.297 e. The average molecular weight is 250 g/mol. The molecule has 0 atom stereocenters. The number of hydrogen-bond donors (Lipinski definition) is 0. The number of hydrogen-bond acceptors (Lipinski definition) is 2. The number of aryl methyl sites for hydroxylation is 1. The highest BCUT2D eigenvalue weighted by atomic mass is 16.1. The van der Waals surface area contributed by atoms with Gasteiger partial charge in [-0.2, -0.15) is 0 Å². The van der Waals surface area contributed by atoms with Gasteiger partial charge in [-0.1, -0.05) is 36.4 Å². The van der Waals surface area contributed by atoms with Crippen LogP contribution < -0.4 is 0 Å². The van der Waals surface area contributed by atoms with Crippen LogP contribution in [0.1, 0.15) is 27.3 Å². The summed E-state index contributed by atoms with van der Waals surface area (Å²) in [6.45, 7) is 2.00. The molecule has 0 fully saturated rings. The Morgan fingerprint density at radius 2 is 1.95 bits per heavy atom. The minimum atomic E-state index is 0.641. The highest BCUT2D eigenvalue weighted by molar-refractivity contribution is 5.77. The van der Waals surface area contributed by atoms with Crippen molar-refractivity contribution in [2.45, 2.75) is 13.3 Å². The minimum Gasteiger partial charge on any atom is -0.297 e. The lowest BCUT2D eigenvalue weighted by molar-refractivity contribution is 0.111. The first-order chi connectivity index (χ1) is 9.29. The number of nitrogens with zero attached hydrogens (tertiary/aromatic N) is 2. The molecule has 0 N–H and O–H groups in total. The maximum absolute atomic E-state index is 11.3. The first-order valence-electron chi connectivity index (χ1n) is 6.25. The normalized spacial score (nSPS) is 10.8. The number of carbonyl (C=O) groups is 1. The molecule has 0 saturated carbocycles. The second-order valence-electron chi connectivity index (χ2n) is 4.61. The van der Waals surface area contributed by atoms with Gasteiger partial charge >= 0.3 is 0 Å². The Labute approximate surface area is 111 Å². The molecule has 0 aliphatic heterocycles. The highest BCUT2D eigenvalue weighted by Crippen LogP contribution is 2.17. The first kappa shape index (κ1) is 11.7. The predicted molar refractivity (Wildman–Crippen MR) is 74.6 cm³/mol. The third-order valence-electron chi connectivity index (χ3n) is 3.28. The molecule has 0 unspecified atom stereocenters. The molecule has 0 bridgehead atoms. The van der Waals surface area contributed by atoms with Gasteiger partial charge in [-0.05, 0) is 24.1 Å². The molecule has 0 radical (unpaired) electrons. The van der Waals surface area contributed by atoms with E-state index in [9.17, 15) is 4.79 Å². The minimum absolute atomic E-state index is 0.641. The summed E-state index contributed by atoms with van der Waals surface area (Å²) in [6, 6.07) is 14.0. The number of benzene rings is 1. The van der Waals surface area contributed by atoms with E-state index in [1.165, 1.54) is 0 Å². The van der Waals surface area contributed by atoms with E-state index in [1.54, 1.807) is 0 Å². The number of pyridine rings is 1. The molecule has 2 heterocycles. The second kappa shape index (κ2) is 4.69. The van der Waals surface area contributed by atoms with Crippen LogP contribution in [-0.2, 0) is 6.42 Å². The third kappa shape index (κ3) is 2.03. The molecule has 3 rings (SSSR count). The summed E-state index contributed by atoms with van der Waals surface area (Å²) >= 11 is 0. The van der Waals surface area contributed by atoms with Crippen molar-refractivity contribution in [3.63, 3.8) is 0 Å². The third-order valence-corrected chi connectivity index (χ3v) is 3.28. The van der Waals surface area contributed by atoms with Gasteiger partial charge in [0.15, 0.2) is 6.29 Å². The Balaban J connectivity index is 2.13. The maximum Gasteiger partial charge on any atom is 0.168 e. The quantitative estimate of drug-likeness (QED) is 0.669. The van der Waals surface area contributed by atoms with E-state index < -0.39 is 0 Å². The van der Waals surface area contributed by atoms with Crippen molar-refractivity contribution >= 4 is 11.9 Å². The predicted octanol–water partition coefficient (Wildman–Crippen LogP) is 3.05. The average Bonchev–Trinajstić information content (AvgIpc) is 2.79. The van der Waals surface area contributed by atoms with Gasteiger partial charge in [0.2, 0.25) is 0 Å². The van der Waals surface area contributed by atoms with Crippen LogP contribution in [0, 0.1) is 6.92 Å². The number of aromatic nitrogens is 2. The van der Waals surface area contributed by atoms with E-state index in [4.69, 9.17) is 0 Å². The van der Waals surface area contributed by atoms with Crippen molar-refractivity contribution in [2.75, 3.05) is 0 Å². The second-order valence-corrected chi connectivity index (χ2v) is 4.61. The van der Waals surface area contributed by atoms with Gasteiger partial charge in [-0.15, -0.1) is 0 Å². The first-order valence-corrected chi connectivity index (χ1v) is 6.25. The van der Waals surface area contributed by atoms with Crippen LogP contribution in [0.15, 0.2) is 48.7 Å². The van der Waals surface area contributed by atoms with Crippen molar-refractivity contribution in [1.29, 1.82) is 0 Å². The molecule has 0 aliphatic rings. The summed E-state index contributed by atoms with van der Waals surface area (Å²) in [5.74, 6) is 0. The molecule has 0 spiro atoms. The summed E-state index contributed by atoms with van der Waals surface area (Å²) in [7, 11) is 0. The summed E-state index contributed by atoms with van der Waals surface area (Å²) in [5, 5.41) is 0. The summed E-state index contributed by atoms with van der Waals surface area (Å²) in [5.41, 5.74) is 4.56. The van der Waals surface area contributed by atoms with E-state index >= 15 is 0 Å². The van der Waals surface area contributed by atoms with E-state index in [0.717, 1.165) is 28.8 Å². The monoisotopic (exact) mass is 250 g/mol. The lowest BCUT2D eigenvalue weighted by Crippen LogP contribution is -1.96. The Bertz CT molecular complexity index is 729. The van der Waals surface area contributed by atoms with Crippen LogP contribution in [0.5, 0.6) is 0 Å². The zero-order valence-electron chi connectivity index (χ0n) is 10.7. The van der Waals surface area contributed by atoms with Crippen molar-refractivity contribution in [1.82, 2.24) is 9.38 Å². The Morgan fingerprint density at radius 3 is 2.68 bits per heavy atom. The highest BCUT2D eigenvalue weighted by Gasteiger charge is 2.12. The standard InChI is InChI=1S/C16H14N2O/c1-12-6-5-9-18-15(11-19)14(17-16(12)18)10-13-7-3-2-4-8-13/h2-9,11H,10H2,1H3. The number of imidazole rings is 1. The van der Waals surface area contributed by atoms with Crippen LogP contribution in [0.25, 0.3) is 5.65 Å². The van der Waals surface area contributed by atoms with Gasteiger partial charge < -0.3 is 0 Å². The Hall–Kier alpha value is -2.42. The van der Waals surface area contributed by atoms with Gasteiger partial charge in [0.1, 0.15) is 11.3 Å². The van der Waals surface area contributed by atoms with Gasteiger partial charge in [0.05, 0.1) is 5.69 Å². The lowest BCUT2D eigenvalue weighted by Gasteiger charge is -1.99. The van der Waals surface area contributed by atoms with Gasteiger partial charge in [-0.3, -0.25) is 9.20 Å². The van der Waals surface area contributed by atoms with Crippen LogP contribution in [0.3, 0.4) is 0 Å². The molecule has 2 aromatic heterocycles. The SMILES string of the molecule is Cc1cccn2c(C=O)c(Cc3ccccc3)nc12. The van der Waals surface area contributed by atoms with Crippen LogP contribution in [-0.4, -0.2) is 15.7 Å². The van der Waals surface area contributed by atoms with Crippen molar-refractivity contribution in [3.8, 4) is 0 Å². The lowest BCUT2D eigenvalue weighted by atomic mass is 10.1. The van der Waals surface area contributed by atoms with Crippen LogP contribution in [0.4, 0.5) is 0 Å². The molecule has 94 valence electrons. The molecule has 3 nitrogen and oxygen atoms in total. The zero-order valence-corrected chi connectivity index (χ0v) is 10.7. The van der Waals surface area contributed by atoms with E-state index in [0.29, 0.717) is 12.1 Å². The fourth-order valence-corrected chi connectivity index (χ4v) is 2.31. The smallest absolute Gasteiger partial charge is 0.168 e. The van der Waals surface area contributed by atoms with Crippen molar-refractivity contribution in [2.24, 2.45) is 0 Å². The van der Waals surface area contributed by atoms with Gasteiger partial charge in [-0.25, -0.2) is 4.98 Å². The number of rotatable bonds is 3. The fraction of sp³-hybridized carbons (Fsp3) is 0.125. The molecule has 3 aromatic rings. The number of fused-ring (bicyclic) bond motifs is 1. The number of aldehydes is 1. The molecule has 0 amide bonds. The molecular weight excluding hydrogens is 236 g/mol. The fourth-order valence-electron chi connectivity index (χ4n) is 2.31. The molecular formula is C16H14N2O. The van der Waals surface area contributed by atoms with Gasteiger partial charge in [0, 0.05) is 12.6 Å². The number of carbonyl (C=O) groups excluding carboxylic acids is 1. The molecule has 19 heavy (non-hydrogen) atoms. The Kier molecular flexibility index (Phi) is 2.88. The van der Waals surface area contributed by atoms with E-state index in [-0.39, 0.29) is 0 Å². The van der Waals surface area contributed by atoms with E-state index in [1.807, 2.05) is 60.0 Å². The summed E-state index contributed by atoms with van der Waals surface area (Å²) < 4.78 is 1.86. The summed E-state index contributed by atoms with van der Waals surface area (Å²) in [6.07, 6.45) is 3.45. The maximum atomic E-state index is 11.3. The summed E-state index contributed by atoms with van der Waals surface area (Å²) in [4.78, 5) is 16.0. The van der Waals surface area contributed by atoms with Crippen molar-refractivity contribution in [3.05, 3.63) is 71.2 Å². The molecule has 0 saturated heterocycles. The molecule has 0 aliphatic carbocycles. The van der Waals surface area contributed by atoms with Crippen LogP contribution >= 0.6 is 0 Å². The van der Waals surface area contributed by atoms with Crippen molar-refractivity contribution < 1.29 is 4.79 Å². The van der Waals surface area contributed by atoms with Crippen LogP contribution in [0.2, 0.25) is 0 Å². The Morgan fingerprint density at radius 1 is 1.16 bits per heavy atom. The molecule has 3 heteroatoms. The van der Waals surface area contributed by atoms with E-state index in [2.05, 4.69) is 4.98 Å². The zero-order chi connectivity index (χ0) is 13.2.